The first-order valence-corrected chi connectivity index (χ1v) is 11.2. The van der Waals surface area contributed by atoms with Gasteiger partial charge >= 0.3 is 0 Å². The number of anilines is 1. The number of nitrogens with one attached hydrogen (secondary N) is 1. The first-order valence-electron chi connectivity index (χ1n) is 8.95. The van der Waals surface area contributed by atoms with Crippen molar-refractivity contribution in [2.24, 2.45) is 0 Å². The molecule has 0 aliphatic heterocycles. The highest BCUT2D eigenvalue weighted by Gasteiger charge is 2.24. The number of hydrogen-bond donors (Lipinski definition) is 1. The van der Waals surface area contributed by atoms with Gasteiger partial charge in [0.25, 0.3) is 0 Å². The van der Waals surface area contributed by atoms with Crippen LogP contribution in [0.2, 0.25) is 5.02 Å². The van der Waals surface area contributed by atoms with E-state index >= 15 is 0 Å². The molecule has 0 aliphatic carbocycles. The number of ether oxygens (including phenoxy) is 2. The summed E-state index contributed by atoms with van der Waals surface area (Å²) in [6.45, 7) is 0.0627. The number of benzene rings is 2. The normalized spacial score (nSPS) is 11.0. The van der Waals surface area contributed by atoms with Gasteiger partial charge in [-0.1, -0.05) is 23.7 Å². The molecule has 0 aromatic heterocycles. The Kier molecular flexibility index (Phi) is 8.16. The summed E-state index contributed by atoms with van der Waals surface area (Å²) < 4.78 is 35.8. The fraction of sp³-hybridized carbons (Fsp3) is 0.350. The molecule has 0 radical (unpaired) electrons. The summed E-state index contributed by atoms with van der Waals surface area (Å²) in [5, 5.41) is 3.10. The first-order chi connectivity index (χ1) is 13.7. The van der Waals surface area contributed by atoms with Crippen molar-refractivity contribution < 1.29 is 22.7 Å². The van der Waals surface area contributed by atoms with E-state index in [9.17, 15) is 13.2 Å². The molecule has 0 saturated carbocycles. The number of carbonyl (C=O) groups excluding carboxylic acids is 1. The number of aryl methyl sites for hydroxylation is 1. The number of sulfonamides is 1. The SMILES string of the molecule is COc1ccc(CCCNC(=O)CN(c2cc(Cl)ccc2OC)S(C)(=O)=O)cc1. The number of carbonyl (C=O) groups is 1. The molecule has 158 valence electrons. The first kappa shape index (κ1) is 22.8. The lowest BCUT2D eigenvalue weighted by molar-refractivity contribution is -0.119. The van der Waals surface area contributed by atoms with Crippen LogP contribution in [-0.4, -0.2) is 47.9 Å². The van der Waals surface area contributed by atoms with Gasteiger partial charge in [-0.05, 0) is 48.7 Å². The molecule has 0 saturated heterocycles. The number of halogens is 1. The van der Waals surface area contributed by atoms with Crippen LogP contribution in [0.1, 0.15) is 12.0 Å². The lowest BCUT2D eigenvalue weighted by Crippen LogP contribution is -2.40. The summed E-state index contributed by atoms with van der Waals surface area (Å²) >= 11 is 6.00. The fourth-order valence-electron chi connectivity index (χ4n) is 2.74. The zero-order valence-corrected chi connectivity index (χ0v) is 18.2. The number of rotatable bonds is 10. The summed E-state index contributed by atoms with van der Waals surface area (Å²) in [4.78, 5) is 12.3. The molecular formula is C20H25ClN2O5S. The van der Waals surface area contributed by atoms with Gasteiger partial charge in [-0.2, -0.15) is 0 Å². The molecule has 2 aromatic carbocycles. The predicted molar refractivity (Wildman–Crippen MR) is 115 cm³/mol. The highest BCUT2D eigenvalue weighted by molar-refractivity contribution is 7.92. The lowest BCUT2D eigenvalue weighted by Gasteiger charge is -2.24. The fourth-order valence-corrected chi connectivity index (χ4v) is 3.76. The number of amides is 1. The molecule has 0 unspecified atom stereocenters. The maximum Gasteiger partial charge on any atom is 0.240 e. The van der Waals surface area contributed by atoms with Gasteiger partial charge in [0.1, 0.15) is 18.0 Å². The van der Waals surface area contributed by atoms with Crippen molar-refractivity contribution in [3.8, 4) is 11.5 Å². The number of hydrogen-bond acceptors (Lipinski definition) is 5. The van der Waals surface area contributed by atoms with E-state index in [1.165, 1.54) is 13.2 Å². The second-order valence-electron chi connectivity index (χ2n) is 6.39. The van der Waals surface area contributed by atoms with E-state index in [2.05, 4.69) is 5.32 Å². The third kappa shape index (κ3) is 6.83. The zero-order chi connectivity index (χ0) is 21.4. The van der Waals surface area contributed by atoms with Crippen LogP contribution in [0.4, 0.5) is 5.69 Å². The summed E-state index contributed by atoms with van der Waals surface area (Å²) in [6.07, 6.45) is 2.53. The molecule has 9 heteroatoms. The summed E-state index contributed by atoms with van der Waals surface area (Å²) in [5.41, 5.74) is 1.34. The molecular weight excluding hydrogens is 416 g/mol. The van der Waals surface area contributed by atoms with Crippen molar-refractivity contribution in [3.63, 3.8) is 0 Å². The van der Waals surface area contributed by atoms with Crippen LogP contribution in [0.15, 0.2) is 42.5 Å². The molecule has 2 aromatic rings. The molecule has 0 aliphatic rings. The maximum atomic E-state index is 12.3. The molecule has 7 nitrogen and oxygen atoms in total. The van der Waals surface area contributed by atoms with Crippen molar-refractivity contribution in [1.82, 2.24) is 5.32 Å². The minimum Gasteiger partial charge on any atom is -0.497 e. The predicted octanol–water partition coefficient (Wildman–Crippen LogP) is 2.87. The smallest absolute Gasteiger partial charge is 0.240 e. The molecule has 1 N–H and O–H groups in total. The molecule has 2 rings (SSSR count). The van der Waals surface area contributed by atoms with E-state index < -0.39 is 15.9 Å². The summed E-state index contributed by atoms with van der Waals surface area (Å²) in [5.74, 6) is 0.693. The Morgan fingerprint density at radius 2 is 1.79 bits per heavy atom. The van der Waals surface area contributed by atoms with E-state index in [4.69, 9.17) is 21.1 Å². The number of nitrogens with zero attached hydrogens (tertiary/aromatic N) is 1. The van der Waals surface area contributed by atoms with E-state index in [1.54, 1.807) is 19.2 Å². The Bertz CT molecular complexity index is 932. The van der Waals surface area contributed by atoms with E-state index in [-0.39, 0.29) is 12.2 Å². The Morgan fingerprint density at radius 3 is 2.38 bits per heavy atom. The van der Waals surface area contributed by atoms with E-state index in [1.807, 2.05) is 24.3 Å². The Morgan fingerprint density at radius 1 is 1.10 bits per heavy atom. The quantitative estimate of drug-likeness (QED) is 0.574. The lowest BCUT2D eigenvalue weighted by atomic mass is 10.1. The van der Waals surface area contributed by atoms with Crippen LogP contribution in [0.3, 0.4) is 0 Å². The highest BCUT2D eigenvalue weighted by atomic mass is 35.5. The largest absolute Gasteiger partial charge is 0.497 e. The molecule has 1 amide bonds. The molecule has 29 heavy (non-hydrogen) atoms. The minimum atomic E-state index is -3.72. The third-order valence-electron chi connectivity index (χ3n) is 4.22. The Balaban J connectivity index is 1.96. The monoisotopic (exact) mass is 440 g/mol. The molecule has 0 heterocycles. The minimum absolute atomic E-state index is 0.218. The van der Waals surface area contributed by atoms with Gasteiger partial charge in [-0.25, -0.2) is 8.42 Å². The van der Waals surface area contributed by atoms with Gasteiger partial charge in [0.15, 0.2) is 0 Å². The van der Waals surface area contributed by atoms with Crippen molar-refractivity contribution in [1.29, 1.82) is 0 Å². The van der Waals surface area contributed by atoms with E-state index in [0.717, 1.165) is 34.7 Å². The number of methoxy groups -OCH3 is 2. The average molecular weight is 441 g/mol. The van der Waals surface area contributed by atoms with Crippen molar-refractivity contribution >= 4 is 33.2 Å². The van der Waals surface area contributed by atoms with Crippen LogP contribution < -0.4 is 19.1 Å². The molecule has 0 atom stereocenters. The Labute approximate surface area is 176 Å². The summed E-state index contributed by atoms with van der Waals surface area (Å²) in [6, 6.07) is 12.3. The topological polar surface area (TPSA) is 84.9 Å². The van der Waals surface area contributed by atoms with Crippen LogP contribution in [-0.2, 0) is 21.2 Å². The molecule has 0 bridgehead atoms. The van der Waals surface area contributed by atoms with Gasteiger partial charge in [0.05, 0.1) is 26.2 Å². The second-order valence-corrected chi connectivity index (χ2v) is 8.73. The molecule has 0 spiro atoms. The van der Waals surface area contributed by atoms with Crippen LogP contribution in [0, 0.1) is 0 Å². The van der Waals surface area contributed by atoms with Crippen molar-refractivity contribution in [2.75, 3.05) is 37.9 Å². The Hall–Kier alpha value is -2.45. The average Bonchev–Trinajstić information content (AvgIpc) is 2.69. The van der Waals surface area contributed by atoms with Crippen molar-refractivity contribution in [2.45, 2.75) is 12.8 Å². The van der Waals surface area contributed by atoms with Gasteiger partial charge in [0, 0.05) is 11.6 Å². The van der Waals surface area contributed by atoms with Gasteiger partial charge < -0.3 is 14.8 Å². The van der Waals surface area contributed by atoms with Gasteiger partial charge in [-0.15, -0.1) is 0 Å². The van der Waals surface area contributed by atoms with Crippen LogP contribution in [0.25, 0.3) is 0 Å². The molecule has 0 fully saturated rings. The highest BCUT2D eigenvalue weighted by Crippen LogP contribution is 2.32. The third-order valence-corrected chi connectivity index (χ3v) is 5.58. The summed E-state index contributed by atoms with van der Waals surface area (Å²) in [7, 11) is -0.683. The van der Waals surface area contributed by atoms with Crippen LogP contribution >= 0.6 is 11.6 Å². The van der Waals surface area contributed by atoms with Gasteiger partial charge in [-0.3, -0.25) is 9.10 Å². The maximum absolute atomic E-state index is 12.3. The van der Waals surface area contributed by atoms with Crippen molar-refractivity contribution in [3.05, 3.63) is 53.1 Å². The zero-order valence-electron chi connectivity index (χ0n) is 16.6. The van der Waals surface area contributed by atoms with E-state index in [0.29, 0.717) is 17.3 Å². The van der Waals surface area contributed by atoms with Crippen LogP contribution in [0.5, 0.6) is 11.5 Å². The standard InChI is InChI=1S/C20H25ClN2O5S/c1-27-17-9-6-15(7-10-17)5-4-12-22-20(24)14-23(29(3,25)26)18-13-16(21)8-11-19(18)28-2/h6-11,13H,4-5,12,14H2,1-3H3,(H,22,24). The second kappa shape index (κ2) is 10.4. The van der Waals surface area contributed by atoms with Gasteiger partial charge in [0.2, 0.25) is 15.9 Å².